The minimum absolute atomic E-state index is 0.0774. The van der Waals surface area contributed by atoms with Gasteiger partial charge in [-0.3, -0.25) is 0 Å². The van der Waals surface area contributed by atoms with E-state index in [4.69, 9.17) is 10.8 Å². The summed E-state index contributed by atoms with van der Waals surface area (Å²) < 4.78 is 1.68. The Kier molecular flexibility index (Phi) is 2.69. The van der Waals surface area contributed by atoms with Gasteiger partial charge in [-0.25, -0.2) is 4.68 Å². The van der Waals surface area contributed by atoms with Gasteiger partial charge in [0.05, 0.1) is 18.8 Å². The van der Waals surface area contributed by atoms with E-state index in [1.165, 1.54) is 0 Å². The third kappa shape index (κ3) is 2.16. The normalized spacial score (nSPS) is 10.5. The molecule has 0 saturated heterocycles. The summed E-state index contributed by atoms with van der Waals surface area (Å²) >= 11 is 0. The smallest absolute Gasteiger partial charge is 0.122 e. The van der Waals surface area contributed by atoms with Crippen molar-refractivity contribution in [1.82, 2.24) is 9.78 Å². The Morgan fingerprint density at radius 1 is 1.27 bits per heavy atom. The molecule has 0 atom stereocenters. The minimum Gasteiger partial charge on any atom is -0.390 e. The highest BCUT2D eigenvalue weighted by molar-refractivity contribution is 5.31. The molecule has 0 spiro atoms. The molecule has 4 nitrogen and oxygen atoms in total. The number of hydrogen-bond acceptors (Lipinski definition) is 3. The summed E-state index contributed by atoms with van der Waals surface area (Å²) in [5.41, 5.74) is 7.49. The fourth-order valence-corrected chi connectivity index (χ4v) is 1.45. The van der Waals surface area contributed by atoms with E-state index in [0.29, 0.717) is 18.1 Å². The molecular weight excluding hydrogens is 190 g/mol. The Hall–Kier alpha value is -1.81. The Labute approximate surface area is 88.0 Å². The topological polar surface area (TPSA) is 64.1 Å². The average molecular weight is 203 g/mol. The molecule has 0 aliphatic rings. The highest BCUT2D eigenvalue weighted by Gasteiger charge is 2.03. The van der Waals surface area contributed by atoms with Crippen molar-refractivity contribution in [2.75, 3.05) is 5.73 Å². The molecule has 0 radical (unpaired) electrons. The van der Waals surface area contributed by atoms with E-state index in [2.05, 4.69) is 5.10 Å². The van der Waals surface area contributed by atoms with E-state index in [9.17, 15) is 0 Å². The molecule has 0 fully saturated rings. The van der Waals surface area contributed by atoms with Gasteiger partial charge in [0.15, 0.2) is 0 Å². The minimum atomic E-state index is -0.0774. The van der Waals surface area contributed by atoms with Gasteiger partial charge >= 0.3 is 0 Å². The lowest BCUT2D eigenvalue weighted by Crippen LogP contribution is -2.05. The molecule has 15 heavy (non-hydrogen) atoms. The summed E-state index contributed by atoms with van der Waals surface area (Å²) in [7, 11) is 0. The molecule has 3 N–H and O–H groups in total. The van der Waals surface area contributed by atoms with Crippen LogP contribution >= 0.6 is 0 Å². The highest BCUT2D eigenvalue weighted by atomic mass is 16.3. The number of nitrogen functional groups attached to an aromatic ring is 1. The number of nitrogens with zero attached hydrogens (tertiary/aromatic N) is 2. The van der Waals surface area contributed by atoms with Crippen LogP contribution < -0.4 is 5.73 Å². The van der Waals surface area contributed by atoms with Gasteiger partial charge in [-0.1, -0.05) is 30.3 Å². The van der Waals surface area contributed by atoms with Crippen molar-refractivity contribution in [2.45, 2.75) is 13.2 Å². The van der Waals surface area contributed by atoms with E-state index in [-0.39, 0.29) is 6.61 Å². The SMILES string of the molecule is Nc1cc(CO)nn1Cc1ccccc1. The maximum atomic E-state index is 8.91. The van der Waals surface area contributed by atoms with E-state index in [1.807, 2.05) is 30.3 Å². The van der Waals surface area contributed by atoms with Gasteiger partial charge in [0.1, 0.15) is 5.82 Å². The Balaban J connectivity index is 2.21. The van der Waals surface area contributed by atoms with Crippen molar-refractivity contribution in [2.24, 2.45) is 0 Å². The molecule has 0 bridgehead atoms. The van der Waals surface area contributed by atoms with E-state index in [1.54, 1.807) is 10.7 Å². The first-order valence-electron chi connectivity index (χ1n) is 4.76. The largest absolute Gasteiger partial charge is 0.390 e. The van der Waals surface area contributed by atoms with Crippen LogP contribution in [0.1, 0.15) is 11.3 Å². The second-order valence-corrected chi connectivity index (χ2v) is 3.36. The number of anilines is 1. The lowest BCUT2D eigenvalue weighted by atomic mass is 10.2. The van der Waals surface area contributed by atoms with Crippen molar-refractivity contribution in [3.8, 4) is 0 Å². The zero-order valence-corrected chi connectivity index (χ0v) is 8.30. The van der Waals surface area contributed by atoms with Crippen LogP contribution in [0.4, 0.5) is 5.82 Å². The fourth-order valence-electron chi connectivity index (χ4n) is 1.45. The summed E-state index contributed by atoms with van der Waals surface area (Å²) in [5.74, 6) is 0.572. The number of hydrogen-bond donors (Lipinski definition) is 2. The molecule has 2 rings (SSSR count). The van der Waals surface area contributed by atoms with E-state index < -0.39 is 0 Å². The third-order valence-electron chi connectivity index (χ3n) is 2.20. The van der Waals surface area contributed by atoms with Crippen molar-refractivity contribution in [1.29, 1.82) is 0 Å². The summed E-state index contributed by atoms with van der Waals surface area (Å²) in [6.07, 6.45) is 0. The van der Waals surface area contributed by atoms with Crippen molar-refractivity contribution < 1.29 is 5.11 Å². The molecule has 1 aromatic carbocycles. The van der Waals surface area contributed by atoms with Gasteiger partial charge in [0, 0.05) is 6.07 Å². The summed E-state index contributed by atoms with van der Waals surface area (Å²) in [5, 5.41) is 13.1. The molecular formula is C11H13N3O. The standard InChI is InChI=1S/C11H13N3O/c12-11-6-10(8-15)13-14(11)7-9-4-2-1-3-5-9/h1-6,15H,7-8,12H2. The van der Waals surface area contributed by atoms with Crippen molar-refractivity contribution in [3.05, 3.63) is 47.7 Å². The Bertz CT molecular complexity index is 436. The van der Waals surface area contributed by atoms with Crippen LogP contribution in [0.25, 0.3) is 0 Å². The lowest BCUT2D eigenvalue weighted by molar-refractivity contribution is 0.275. The third-order valence-corrected chi connectivity index (χ3v) is 2.20. The van der Waals surface area contributed by atoms with Crippen LogP contribution in [0, 0.1) is 0 Å². The summed E-state index contributed by atoms with van der Waals surface area (Å²) in [4.78, 5) is 0. The molecule has 2 aromatic rings. The van der Waals surface area contributed by atoms with E-state index in [0.717, 1.165) is 5.56 Å². The van der Waals surface area contributed by atoms with Crippen LogP contribution in [0.2, 0.25) is 0 Å². The van der Waals surface area contributed by atoms with Crippen molar-refractivity contribution >= 4 is 5.82 Å². The second kappa shape index (κ2) is 4.14. The van der Waals surface area contributed by atoms with Crippen LogP contribution in [0.5, 0.6) is 0 Å². The van der Waals surface area contributed by atoms with Gasteiger partial charge in [-0.05, 0) is 5.56 Å². The van der Waals surface area contributed by atoms with Crippen molar-refractivity contribution in [3.63, 3.8) is 0 Å². The quantitative estimate of drug-likeness (QED) is 0.782. The van der Waals surface area contributed by atoms with Crippen LogP contribution in [0.15, 0.2) is 36.4 Å². The monoisotopic (exact) mass is 203 g/mol. The van der Waals surface area contributed by atoms with Crippen LogP contribution in [-0.2, 0) is 13.2 Å². The fraction of sp³-hybridized carbons (Fsp3) is 0.182. The maximum Gasteiger partial charge on any atom is 0.122 e. The zero-order valence-electron chi connectivity index (χ0n) is 8.30. The van der Waals surface area contributed by atoms with Gasteiger partial charge in [0.2, 0.25) is 0 Å². The molecule has 0 amide bonds. The molecule has 1 heterocycles. The molecule has 0 unspecified atom stereocenters. The van der Waals surface area contributed by atoms with Crippen LogP contribution in [-0.4, -0.2) is 14.9 Å². The first-order chi connectivity index (χ1) is 7.29. The molecule has 0 aliphatic heterocycles. The first kappa shape index (κ1) is 9.73. The highest BCUT2D eigenvalue weighted by Crippen LogP contribution is 2.09. The van der Waals surface area contributed by atoms with Gasteiger partial charge < -0.3 is 10.8 Å². The number of aliphatic hydroxyl groups excluding tert-OH is 1. The van der Waals surface area contributed by atoms with Crippen LogP contribution in [0.3, 0.4) is 0 Å². The molecule has 0 saturated carbocycles. The number of aliphatic hydroxyl groups is 1. The van der Waals surface area contributed by atoms with E-state index >= 15 is 0 Å². The second-order valence-electron chi connectivity index (χ2n) is 3.36. The lowest BCUT2D eigenvalue weighted by Gasteiger charge is -2.03. The van der Waals surface area contributed by atoms with Gasteiger partial charge in [0.25, 0.3) is 0 Å². The van der Waals surface area contributed by atoms with Gasteiger partial charge in [-0.2, -0.15) is 5.10 Å². The van der Waals surface area contributed by atoms with Gasteiger partial charge in [-0.15, -0.1) is 0 Å². The number of benzene rings is 1. The Morgan fingerprint density at radius 2 is 2.00 bits per heavy atom. The summed E-state index contributed by atoms with van der Waals surface area (Å²) in [6, 6.07) is 11.6. The Morgan fingerprint density at radius 3 is 2.60 bits per heavy atom. The molecule has 78 valence electrons. The first-order valence-corrected chi connectivity index (χ1v) is 4.76. The maximum absolute atomic E-state index is 8.91. The molecule has 0 aliphatic carbocycles. The predicted molar refractivity (Wildman–Crippen MR) is 58.1 cm³/mol. The zero-order chi connectivity index (χ0) is 10.7. The number of aromatic nitrogens is 2. The average Bonchev–Trinajstić information content (AvgIpc) is 2.61. The molecule has 4 heteroatoms. The molecule has 1 aromatic heterocycles. The number of nitrogens with two attached hydrogens (primary N) is 1. The predicted octanol–water partition coefficient (Wildman–Crippen LogP) is 1.01. The number of rotatable bonds is 3. The summed E-state index contributed by atoms with van der Waals surface area (Å²) in [6.45, 7) is 0.554.